The molecule has 7 heteroatoms. The molecule has 7 nitrogen and oxygen atoms in total. The fourth-order valence-electron chi connectivity index (χ4n) is 0.892. The molecule has 0 saturated heterocycles. The number of aromatic hydroxyl groups is 2. The van der Waals surface area contributed by atoms with Crippen LogP contribution in [0.2, 0.25) is 0 Å². The van der Waals surface area contributed by atoms with Gasteiger partial charge in [0.1, 0.15) is 11.5 Å². The van der Waals surface area contributed by atoms with Gasteiger partial charge in [0.05, 0.1) is 6.61 Å². The number of phenols is 2. The third-order valence-electron chi connectivity index (χ3n) is 1.84. The Morgan fingerprint density at radius 2 is 1.00 bits per heavy atom. The van der Waals surface area contributed by atoms with Crippen molar-refractivity contribution in [3.8, 4) is 11.5 Å². The average Bonchev–Trinajstić information content (AvgIpc) is 2.46. The van der Waals surface area contributed by atoms with Crippen LogP contribution in [0.15, 0.2) is 48.6 Å². The lowest BCUT2D eigenvalue weighted by Gasteiger charge is -1.89. The van der Waals surface area contributed by atoms with Crippen molar-refractivity contribution >= 4 is 11.6 Å². The molecule has 1 aromatic carbocycles. The first-order valence-corrected chi connectivity index (χ1v) is 5.74. The van der Waals surface area contributed by atoms with Gasteiger partial charge in [0.2, 0.25) is 0 Å². The van der Waals surface area contributed by atoms with Crippen LogP contribution in [0.1, 0.15) is 0 Å². The topological polar surface area (TPSA) is 135 Å². The molecule has 0 atom stereocenters. The summed E-state index contributed by atoms with van der Waals surface area (Å²) in [7, 11) is 0. The molecule has 2 rings (SSSR count). The summed E-state index contributed by atoms with van der Waals surface area (Å²) in [6.45, 7) is -0.583. The van der Waals surface area contributed by atoms with Gasteiger partial charge >= 0.3 is 0 Å². The largest absolute Gasteiger partial charge is 0.508 e. The molecular formula is C14H16O7. The van der Waals surface area contributed by atoms with E-state index in [0.717, 1.165) is 0 Å². The van der Waals surface area contributed by atoms with E-state index in [2.05, 4.69) is 0 Å². The van der Waals surface area contributed by atoms with Crippen LogP contribution in [0.5, 0.6) is 11.5 Å². The predicted molar refractivity (Wildman–Crippen MR) is 73.4 cm³/mol. The molecule has 0 saturated carbocycles. The summed E-state index contributed by atoms with van der Waals surface area (Å²) in [5.41, 5.74) is 0. The van der Waals surface area contributed by atoms with E-state index in [9.17, 15) is 9.59 Å². The Kier molecular flexibility index (Phi) is 9.11. The molecule has 0 aromatic heterocycles. The van der Waals surface area contributed by atoms with E-state index in [1.165, 1.54) is 48.6 Å². The van der Waals surface area contributed by atoms with Crippen molar-refractivity contribution in [2.24, 2.45) is 0 Å². The second-order valence-corrected chi connectivity index (χ2v) is 3.65. The van der Waals surface area contributed by atoms with Gasteiger partial charge < -0.3 is 25.5 Å². The average molecular weight is 296 g/mol. The van der Waals surface area contributed by atoms with Crippen molar-refractivity contribution in [3.63, 3.8) is 0 Å². The summed E-state index contributed by atoms with van der Waals surface area (Å²) in [6.07, 6.45) is 3.45. The quantitative estimate of drug-likeness (QED) is 0.271. The number of carbonyl (C=O) groups is 2. The van der Waals surface area contributed by atoms with Gasteiger partial charge in [-0.2, -0.15) is 0 Å². The van der Waals surface area contributed by atoms with E-state index in [-0.39, 0.29) is 23.1 Å². The van der Waals surface area contributed by atoms with Gasteiger partial charge in [0.25, 0.3) is 0 Å². The highest BCUT2D eigenvalue weighted by molar-refractivity contribution is 6.14. The van der Waals surface area contributed by atoms with Crippen molar-refractivity contribution in [2.75, 3.05) is 6.61 Å². The standard InChI is InChI=1S/C6H6O2.C6H4O2.C2H6O3/c2*7-5-1-2-6(8)4-3-5;3-1-2(4)5/h1-4,7-8H;1-4H;2-5H,1H2. The third kappa shape index (κ3) is 11.1. The number of hydrogen-bond donors (Lipinski definition) is 5. The molecule has 5 N–H and O–H groups in total. The number of benzene rings is 1. The number of phenolic OH excluding ortho intramolecular Hbond substituents is 2. The van der Waals surface area contributed by atoms with E-state index in [0.29, 0.717) is 0 Å². The first-order valence-electron chi connectivity index (χ1n) is 5.74. The van der Waals surface area contributed by atoms with Gasteiger partial charge in [-0.05, 0) is 48.6 Å². The Bertz CT molecular complexity index is 442. The molecule has 21 heavy (non-hydrogen) atoms. The molecule has 1 aliphatic carbocycles. The van der Waals surface area contributed by atoms with Crippen LogP contribution in [0, 0.1) is 0 Å². The van der Waals surface area contributed by atoms with Crippen LogP contribution < -0.4 is 0 Å². The second-order valence-electron chi connectivity index (χ2n) is 3.65. The van der Waals surface area contributed by atoms with Crippen LogP contribution in [0.25, 0.3) is 0 Å². The van der Waals surface area contributed by atoms with E-state index in [1.54, 1.807) is 0 Å². The predicted octanol–water partition coefficient (Wildman–Crippen LogP) is -0.362. The molecule has 0 amide bonds. The molecule has 0 unspecified atom stereocenters. The van der Waals surface area contributed by atoms with Crippen LogP contribution >= 0.6 is 0 Å². The van der Waals surface area contributed by atoms with E-state index >= 15 is 0 Å². The van der Waals surface area contributed by atoms with E-state index in [1.807, 2.05) is 0 Å². The maximum absolute atomic E-state index is 10.3. The number of allylic oxidation sites excluding steroid dienone is 4. The van der Waals surface area contributed by atoms with Gasteiger partial charge in [-0.3, -0.25) is 9.59 Å². The summed E-state index contributed by atoms with van der Waals surface area (Å²) in [5.74, 6) is 0.0970. The Morgan fingerprint density at radius 3 is 1.19 bits per heavy atom. The van der Waals surface area contributed by atoms with Crippen molar-refractivity contribution in [1.82, 2.24) is 0 Å². The fourth-order valence-corrected chi connectivity index (χ4v) is 0.892. The molecule has 1 aromatic rings. The first-order chi connectivity index (χ1) is 9.85. The molecule has 0 fully saturated rings. The van der Waals surface area contributed by atoms with Crippen molar-refractivity contribution < 1.29 is 35.1 Å². The normalized spacial score (nSPS) is 12.4. The van der Waals surface area contributed by atoms with Crippen molar-refractivity contribution in [1.29, 1.82) is 0 Å². The summed E-state index contributed by atoms with van der Waals surface area (Å²) < 4.78 is 0. The van der Waals surface area contributed by atoms with Crippen LogP contribution in [0.3, 0.4) is 0 Å². The van der Waals surface area contributed by atoms with Crippen LogP contribution in [-0.4, -0.2) is 50.0 Å². The van der Waals surface area contributed by atoms with Crippen LogP contribution in [-0.2, 0) is 9.59 Å². The van der Waals surface area contributed by atoms with Gasteiger partial charge in [-0.25, -0.2) is 0 Å². The molecule has 1 aliphatic rings. The molecule has 0 radical (unpaired) electrons. The van der Waals surface area contributed by atoms with Gasteiger partial charge in [-0.1, -0.05) is 0 Å². The van der Waals surface area contributed by atoms with Crippen LogP contribution in [0.4, 0.5) is 0 Å². The minimum Gasteiger partial charge on any atom is -0.508 e. The smallest absolute Gasteiger partial charge is 0.178 e. The van der Waals surface area contributed by atoms with Crippen molar-refractivity contribution in [3.05, 3.63) is 48.6 Å². The monoisotopic (exact) mass is 296 g/mol. The maximum Gasteiger partial charge on any atom is 0.178 e. The van der Waals surface area contributed by atoms with Crippen molar-refractivity contribution in [2.45, 2.75) is 6.29 Å². The van der Waals surface area contributed by atoms with Gasteiger partial charge in [-0.15, -0.1) is 0 Å². The molecule has 0 spiro atoms. The number of aliphatic hydroxyl groups is 3. The second kappa shape index (κ2) is 10.3. The maximum atomic E-state index is 10.3. The Balaban J connectivity index is 0.000000296. The molecule has 0 bridgehead atoms. The summed E-state index contributed by atoms with van der Waals surface area (Å²) >= 11 is 0. The highest BCUT2D eigenvalue weighted by atomic mass is 16.5. The third-order valence-corrected chi connectivity index (χ3v) is 1.84. The SMILES string of the molecule is O=C1C=CC(=O)C=C1.OCC(O)O.Oc1ccc(O)cc1. The molecular weight excluding hydrogens is 280 g/mol. The molecule has 114 valence electrons. The fraction of sp³-hybridized carbons (Fsp3) is 0.143. The zero-order valence-corrected chi connectivity index (χ0v) is 11.0. The minimum atomic E-state index is -1.56. The summed E-state index contributed by atoms with van der Waals surface area (Å²) in [6, 6.07) is 5.70. The Labute approximate surface area is 120 Å². The number of aliphatic hydroxyl groups excluding tert-OH is 2. The Hall–Kier alpha value is -2.48. The highest BCUT2D eigenvalue weighted by Crippen LogP contribution is 2.13. The minimum absolute atomic E-state index is 0.121. The lowest BCUT2D eigenvalue weighted by Crippen LogP contribution is -2.08. The first kappa shape index (κ1) is 18.5. The number of ketones is 2. The van der Waals surface area contributed by atoms with Gasteiger partial charge in [0, 0.05) is 0 Å². The van der Waals surface area contributed by atoms with E-state index < -0.39 is 12.9 Å². The zero-order chi connectivity index (χ0) is 16.3. The lowest BCUT2D eigenvalue weighted by atomic mass is 10.2. The van der Waals surface area contributed by atoms with Gasteiger partial charge in [0.15, 0.2) is 17.9 Å². The number of carbonyl (C=O) groups excluding carboxylic acids is 2. The zero-order valence-electron chi connectivity index (χ0n) is 11.0. The number of hydrogen-bond acceptors (Lipinski definition) is 7. The lowest BCUT2D eigenvalue weighted by molar-refractivity contribution is -0.113. The highest BCUT2D eigenvalue weighted by Gasteiger charge is 1.97. The Morgan fingerprint density at radius 1 is 0.762 bits per heavy atom. The summed E-state index contributed by atoms with van der Waals surface area (Å²) in [5, 5.41) is 40.3. The molecule has 0 aliphatic heterocycles. The summed E-state index contributed by atoms with van der Waals surface area (Å²) in [4.78, 5) is 20.6. The van der Waals surface area contributed by atoms with E-state index in [4.69, 9.17) is 25.5 Å². The molecule has 0 heterocycles. The number of rotatable bonds is 1.